The van der Waals surface area contributed by atoms with Crippen molar-refractivity contribution in [1.29, 1.82) is 0 Å². The van der Waals surface area contributed by atoms with E-state index in [1.54, 1.807) is 52.3 Å². The summed E-state index contributed by atoms with van der Waals surface area (Å²) < 4.78 is 14.9. The highest BCUT2D eigenvalue weighted by atomic mass is 19.1. The lowest BCUT2D eigenvalue weighted by molar-refractivity contribution is -0.136. The van der Waals surface area contributed by atoms with Crippen LogP contribution in [0.2, 0.25) is 0 Å². The first-order valence-electron chi connectivity index (χ1n) is 24.2. The molecule has 1 unspecified atom stereocenters. The van der Waals surface area contributed by atoms with Gasteiger partial charge in [-0.2, -0.15) is 5.10 Å². The largest absolute Gasteiger partial charge is 0.384 e. The number of rotatable bonds is 23. The molecule has 4 heterocycles. The van der Waals surface area contributed by atoms with Crippen molar-refractivity contribution in [3.05, 3.63) is 105 Å². The number of hydrogen-bond acceptors (Lipinski definition) is 10. The third-order valence-corrected chi connectivity index (χ3v) is 13.1. The zero-order valence-corrected chi connectivity index (χ0v) is 38.5. The number of carbonyl (C=O) groups excluding carboxylic acids is 7. The van der Waals surface area contributed by atoms with Crippen molar-refractivity contribution in [2.75, 3.05) is 44.6 Å². The van der Waals surface area contributed by atoms with Crippen LogP contribution in [0.1, 0.15) is 145 Å². The highest BCUT2D eigenvalue weighted by molar-refractivity contribution is 6.25. The van der Waals surface area contributed by atoms with Crippen LogP contribution in [0, 0.1) is 5.82 Å². The van der Waals surface area contributed by atoms with Crippen LogP contribution in [-0.2, 0) is 25.6 Å². The number of fused-ring (bicyclic) bond motifs is 2. The van der Waals surface area contributed by atoms with Crippen LogP contribution in [0.4, 0.5) is 10.1 Å². The molecule has 2 fully saturated rings. The fourth-order valence-electron chi connectivity index (χ4n) is 9.26. The van der Waals surface area contributed by atoms with Crippen LogP contribution in [0.15, 0.2) is 65.5 Å². The number of unbranched alkanes of at least 4 members (excludes halogenated alkanes) is 10. The Morgan fingerprint density at radius 3 is 2.10 bits per heavy atom. The van der Waals surface area contributed by atoms with Gasteiger partial charge in [0.25, 0.3) is 23.3 Å². The second kappa shape index (κ2) is 23.8. The molecule has 3 aromatic carbocycles. The van der Waals surface area contributed by atoms with Gasteiger partial charge in [0.05, 0.1) is 27.8 Å². The number of aromatic amines is 1. The van der Waals surface area contributed by atoms with E-state index in [1.165, 1.54) is 6.07 Å². The van der Waals surface area contributed by atoms with Gasteiger partial charge in [-0.25, -0.2) is 9.49 Å². The summed E-state index contributed by atoms with van der Waals surface area (Å²) in [4.78, 5) is 106. The topological polar surface area (TPSA) is 211 Å². The van der Waals surface area contributed by atoms with Crippen LogP contribution in [-0.4, -0.2) is 112 Å². The molecule has 2 saturated heterocycles. The predicted molar refractivity (Wildman–Crippen MR) is 253 cm³/mol. The molecule has 68 heavy (non-hydrogen) atoms. The average molecular weight is 933 g/mol. The number of piperidine rings is 1. The molecule has 0 aliphatic carbocycles. The third-order valence-electron chi connectivity index (χ3n) is 13.1. The van der Waals surface area contributed by atoms with Crippen molar-refractivity contribution in [2.45, 2.75) is 115 Å². The first-order valence-corrected chi connectivity index (χ1v) is 24.2. The van der Waals surface area contributed by atoms with Gasteiger partial charge in [0, 0.05) is 76.0 Å². The number of amides is 7. The summed E-state index contributed by atoms with van der Waals surface area (Å²) in [5, 5.41) is 16.4. The van der Waals surface area contributed by atoms with E-state index in [4.69, 9.17) is 0 Å². The highest BCUT2D eigenvalue weighted by Crippen LogP contribution is 2.32. The molecule has 0 saturated carbocycles. The van der Waals surface area contributed by atoms with Gasteiger partial charge >= 0.3 is 0 Å². The van der Waals surface area contributed by atoms with E-state index in [9.17, 15) is 42.7 Å². The molecular formula is C51H61FN8O8. The van der Waals surface area contributed by atoms with Crippen molar-refractivity contribution in [2.24, 2.45) is 0 Å². The number of benzene rings is 3. The number of aromatic nitrogens is 2. The second-order valence-electron chi connectivity index (χ2n) is 17.9. The third kappa shape index (κ3) is 12.4. The number of piperazine rings is 1. The van der Waals surface area contributed by atoms with E-state index in [0.29, 0.717) is 86.2 Å². The minimum absolute atomic E-state index is 0.0231. The van der Waals surface area contributed by atoms with Crippen molar-refractivity contribution in [3.63, 3.8) is 0 Å². The summed E-state index contributed by atoms with van der Waals surface area (Å²) in [6.45, 7) is 2.69. The molecule has 1 aromatic heterocycles. The quantitative estimate of drug-likeness (QED) is 0.0501. The van der Waals surface area contributed by atoms with Crippen LogP contribution in [0.5, 0.6) is 0 Å². The summed E-state index contributed by atoms with van der Waals surface area (Å²) in [6.07, 6.45) is 12.9. The minimum Gasteiger partial charge on any atom is -0.384 e. The van der Waals surface area contributed by atoms with Gasteiger partial charge in [0.1, 0.15) is 11.9 Å². The predicted octanol–water partition coefficient (Wildman–Crippen LogP) is 6.03. The number of carbonyl (C=O) groups is 7. The fraction of sp³-hybridized carbons (Fsp3) is 0.471. The van der Waals surface area contributed by atoms with E-state index < -0.39 is 41.4 Å². The van der Waals surface area contributed by atoms with Gasteiger partial charge in [0.2, 0.25) is 23.6 Å². The molecule has 4 N–H and O–H groups in total. The number of halogens is 1. The lowest BCUT2D eigenvalue weighted by atomic mass is 10.0. The van der Waals surface area contributed by atoms with Gasteiger partial charge in [-0.05, 0) is 68.0 Å². The van der Waals surface area contributed by atoms with Crippen LogP contribution < -0.4 is 21.5 Å². The molecule has 1 atom stereocenters. The summed E-state index contributed by atoms with van der Waals surface area (Å²) >= 11 is 0. The number of hydrogen-bond donors (Lipinski definition) is 4. The number of nitrogens with zero attached hydrogens (tertiary/aromatic N) is 4. The van der Waals surface area contributed by atoms with Gasteiger partial charge < -0.3 is 20.4 Å². The summed E-state index contributed by atoms with van der Waals surface area (Å²) in [7, 11) is 0. The van der Waals surface area contributed by atoms with Crippen LogP contribution >= 0.6 is 0 Å². The first kappa shape index (κ1) is 49.1. The van der Waals surface area contributed by atoms with E-state index in [2.05, 4.69) is 26.1 Å². The zero-order chi connectivity index (χ0) is 48.0. The Bertz CT molecular complexity index is 2570. The molecule has 17 heteroatoms. The lowest BCUT2D eigenvalue weighted by Gasteiger charge is -2.35. The van der Waals surface area contributed by atoms with Crippen LogP contribution in [0.3, 0.4) is 0 Å². The minimum atomic E-state index is -1.00. The molecule has 0 bridgehead atoms. The van der Waals surface area contributed by atoms with E-state index >= 15 is 0 Å². The fourth-order valence-corrected chi connectivity index (χ4v) is 9.26. The van der Waals surface area contributed by atoms with Crippen molar-refractivity contribution in [1.82, 2.24) is 35.5 Å². The molecule has 7 amide bonds. The van der Waals surface area contributed by atoms with E-state index in [1.807, 2.05) is 12.1 Å². The standard InChI is InChI=1S/C51H61FN8O8/c52-39-23-22-34(33-41-35-16-11-12-17-36(35)47(64)57-56-41)32-38(39)49(66)59-30-28-58(29-31-59)45(63)21-10-6-4-2-1-3-5-9-20-43(61)54-27-14-8-7-13-26-53-40-19-15-18-37-46(40)51(68)60(50(37)67)42-24-25-44(62)55-48(42)65/h11-12,15-19,22-23,32,42,53H,1-10,13-14,20-21,24-31,33H2,(H,54,61)(H,57,64)(H,55,62,65). The monoisotopic (exact) mass is 932 g/mol. The van der Waals surface area contributed by atoms with Crippen molar-refractivity contribution in [3.8, 4) is 0 Å². The second-order valence-corrected chi connectivity index (χ2v) is 17.9. The van der Waals surface area contributed by atoms with E-state index in [0.717, 1.165) is 81.9 Å². The van der Waals surface area contributed by atoms with Crippen LogP contribution in [0.25, 0.3) is 10.8 Å². The first-order chi connectivity index (χ1) is 33.0. The smallest absolute Gasteiger partial charge is 0.272 e. The SMILES string of the molecule is O=C(CCCCCCCCCCC(=O)N1CCN(C(=O)c2cc(Cc3n[nH]c(=O)c4ccccc34)ccc2F)CC1)NCCCCCCNc1cccc2c1C(=O)N(C1CCC(=O)NC1=O)C2=O. The highest BCUT2D eigenvalue weighted by Gasteiger charge is 2.45. The van der Waals surface area contributed by atoms with Crippen molar-refractivity contribution < 1.29 is 38.0 Å². The molecule has 16 nitrogen and oxygen atoms in total. The van der Waals surface area contributed by atoms with Gasteiger partial charge in [-0.3, -0.25) is 48.6 Å². The Balaban J connectivity index is 0.675. The molecule has 3 aliphatic rings. The Hall–Kier alpha value is -6.78. The molecule has 0 radical (unpaired) electrons. The normalized spacial score (nSPS) is 16.0. The molecular weight excluding hydrogens is 872 g/mol. The Kier molecular flexibility index (Phi) is 17.2. The van der Waals surface area contributed by atoms with Gasteiger partial charge in [0.15, 0.2) is 0 Å². The number of imide groups is 2. The van der Waals surface area contributed by atoms with Gasteiger partial charge in [-0.1, -0.05) is 81.7 Å². The molecule has 3 aliphatic heterocycles. The zero-order valence-electron chi connectivity index (χ0n) is 38.5. The maximum absolute atomic E-state index is 14.9. The Labute approximate surface area is 394 Å². The van der Waals surface area contributed by atoms with E-state index in [-0.39, 0.29) is 46.9 Å². The Morgan fingerprint density at radius 2 is 1.37 bits per heavy atom. The average Bonchev–Trinajstić information content (AvgIpc) is 3.60. The number of H-pyrrole nitrogens is 1. The number of anilines is 1. The summed E-state index contributed by atoms with van der Waals surface area (Å²) in [5.41, 5.74) is 2.05. The van der Waals surface area contributed by atoms with Gasteiger partial charge in [-0.15, -0.1) is 0 Å². The molecule has 360 valence electrons. The van der Waals surface area contributed by atoms with Crippen molar-refractivity contribution >= 4 is 57.8 Å². The maximum atomic E-state index is 14.9. The lowest BCUT2D eigenvalue weighted by Crippen LogP contribution is -2.54. The molecule has 7 rings (SSSR count). The maximum Gasteiger partial charge on any atom is 0.272 e. The number of nitrogens with one attached hydrogen (secondary N) is 4. The summed E-state index contributed by atoms with van der Waals surface area (Å²) in [6, 6.07) is 15.6. The summed E-state index contributed by atoms with van der Waals surface area (Å²) in [5.74, 6) is -2.98. The molecule has 0 spiro atoms. The Morgan fingerprint density at radius 1 is 0.706 bits per heavy atom. The molecule has 4 aromatic rings.